The molecular weight excluding hydrogens is 200 g/mol. The third-order valence-corrected chi connectivity index (χ3v) is 3.55. The Morgan fingerprint density at radius 3 is 2.79 bits per heavy atom. The van der Waals surface area contributed by atoms with Crippen molar-refractivity contribution in [2.24, 2.45) is 5.92 Å². The van der Waals surface area contributed by atoms with Crippen molar-refractivity contribution < 1.29 is 14.6 Å². The molecule has 0 saturated carbocycles. The second-order valence-corrected chi connectivity index (χ2v) is 4.75. The van der Waals surface area contributed by atoms with E-state index in [4.69, 9.17) is 9.84 Å². The predicted octanol–water partition coefficient (Wildman–Crippen LogP) is 2.30. The van der Waals surface area contributed by atoms with Crippen LogP contribution in [0.4, 0.5) is 0 Å². The molecule has 0 bridgehead atoms. The highest BCUT2D eigenvalue weighted by molar-refractivity contribution is 7.10. The number of ether oxygens (including phenoxy) is 1. The number of carboxylic acid groups (broad SMARTS) is 1. The average Bonchev–Trinajstić information content (AvgIpc) is 2.66. The lowest BCUT2D eigenvalue weighted by atomic mass is 9.91. The maximum absolute atomic E-state index is 11.1. The van der Waals surface area contributed by atoms with Crippen LogP contribution in [0.1, 0.15) is 24.8 Å². The lowest BCUT2D eigenvalue weighted by molar-refractivity contribution is -0.144. The van der Waals surface area contributed by atoms with Crippen molar-refractivity contribution >= 4 is 17.3 Å². The fraction of sp³-hybridized carbons (Fsp3) is 0.500. The second kappa shape index (κ2) is 3.07. The van der Waals surface area contributed by atoms with Crippen molar-refractivity contribution in [3.05, 3.63) is 22.4 Å². The van der Waals surface area contributed by atoms with Gasteiger partial charge in [-0.1, -0.05) is 19.9 Å². The Kier molecular flexibility index (Phi) is 2.12. The first-order valence-corrected chi connectivity index (χ1v) is 5.41. The van der Waals surface area contributed by atoms with Gasteiger partial charge in [-0.25, -0.2) is 4.79 Å². The molecule has 76 valence electrons. The van der Waals surface area contributed by atoms with Gasteiger partial charge in [0.25, 0.3) is 0 Å². The number of thiophene rings is 1. The van der Waals surface area contributed by atoms with Gasteiger partial charge < -0.3 is 9.84 Å². The van der Waals surface area contributed by atoms with Gasteiger partial charge in [0.15, 0.2) is 5.60 Å². The SMILES string of the molecule is CC(C)C1(C(=O)O)OC1c1cccs1. The van der Waals surface area contributed by atoms with E-state index in [0.29, 0.717) is 0 Å². The van der Waals surface area contributed by atoms with Crippen LogP contribution in [0.2, 0.25) is 0 Å². The number of rotatable bonds is 3. The average molecular weight is 212 g/mol. The molecule has 0 amide bonds. The maximum atomic E-state index is 11.1. The zero-order chi connectivity index (χ0) is 10.3. The number of carbonyl (C=O) groups is 1. The zero-order valence-corrected chi connectivity index (χ0v) is 8.88. The third-order valence-electron chi connectivity index (χ3n) is 2.64. The summed E-state index contributed by atoms with van der Waals surface area (Å²) in [5.41, 5.74) is -0.981. The van der Waals surface area contributed by atoms with E-state index in [-0.39, 0.29) is 12.0 Å². The minimum Gasteiger partial charge on any atom is -0.479 e. The van der Waals surface area contributed by atoms with Crippen molar-refractivity contribution in [3.8, 4) is 0 Å². The van der Waals surface area contributed by atoms with E-state index < -0.39 is 11.6 Å². The first kappa shape index (κ1) is 9.68. The Morgan fingerprint density at radius 1 is 1.71 bits per heavy atom. The number of aliphatic carboxylic acids is 1. The molecule has 3 nitrogen and oxygen atoms in total. The van der Waals surface area contributed by atoms with Crippen LogP contribution < -0.4 is 0 Å². The van der Waals surface area contributed by atoms with E-state index in [1.807, 2.05) is 31.4 Å². The Balaban J connectivity index is 2.25. The summed E-state index contributed by atoms with van der Waals surface area (Å²) < 4.78 is 5.38. The molecule has 0 aliphatic carbocycles. The molecule has 2 rings (SSSR count). The van der Waals surface area contributed by atoms with Crippen LogP contribution in [-0.4, -0.2) is 16.7 Å². The molecule has 1 N–H and O–H groups in total. The van der Waals surface area contributed by atoms with E-state index >= 15 is 0 Å². The van der Waals surface area contributed by atoms with Gasteiger partial charge in [0.1, 0.15) is 6.10 Å². The van der Waals surface area contributed by atoms with E-state index in [9.17, 15) is 4.79 Å². The number of hydrogen-bond donors (Lipinski definition) is 1. The highest BCUT2D eigenvalue weighted by Crippen LogP contribution is 2.55. The molecule has 1 saturated heterocycles. The molecular formula is C10H12O3S. The number of hydrogen-bond acceptors (Lipinski definition) is 3. The minimum absolute atomic E-state index is 0.00731. The van der Waals surface area contributed by atoms with Crippen LogP contribution in [0.5, 0.6) is 0 Å². The fourth-order valence-corrected chi connectivity index (χ4v) is 2.54. The van der Waals surface area contributed by atoms with Gasteiger partial charge in [0, 0.05) is 4.88 Å². The fourth-order valence-electron chi connectivity index (χ4n) is 1.72. The summed E-state index contributed by atoms with van der Waals surface area (Å²) in [6, 6.07) is 3.83. The van der Waals surface area contributed by atoms with Crippen LogP contribution in [0.15, 0.2) is 17.5 Å². The normalized spacial score (nSPS) is 30.6. The summed E-state index contributed by atoms with van der Waals surface area (Å²) in [5, 5.41) is 11.1. The Morgan fingerprint density at radius 2 is 2.43 bits per heavy atom. The smallest absolute Gasteiger partial charge is 0.339 e. The molecule has 2 atom stereocenters. The Labute approximate surface area is 86.3 Å². The molecule has 1 aromatic heterocycles. The van der Waals surface area contributed by atoms with Crippen LogP contribution in [0, 0.1) is 5.92 Å². The van der Waals surface area contributed by atoms with E-state index in [2.05, 4.69) is 0 Å². The summed E-state index contributed by atoms with van der Waals surface area (Å²) in [5.74, 6) is -0.863. The second-order valence-electron chi connectivity index (χ2n) is 3.77. The molecule has 0 aromatic carbocycles. The first-order chi connectivity index (χ1) is 6.59. The molecule has 14 heavy (non-hydrogen) atoms. The van der Waals surface area contributed by atoms with E-state index in [1.54, 1.807) is 11.3 Å². The van der Waals surface area contributed by atoms with Gasteiger partial charge in [0.2, 0.25) is 0 Å². The third kappa shape index (κ3) is 1.18. The Hall–Kier alpha value is -0.870. The maximum Gasteiger partial charge on any atom is 0.339 e. The monoisotopic (exact) mass is 212 g/mol. The first-order valence-electron chi connectivity index (χ1n) is 4.53. The molecule has 2 unspecified atom stereocenters. The van der Waals surface area contributed by atoms with Crippen molar-refractivity contribution in [2.45, 2.75) is 25.6 Å². The Bertz CT molecular complexity index is 344. The van der Waals surface area contributed by atoms with Gasteiger partial charge in [0.05, 0.1) is 0 Å². The van der Waals surface area contributed by atoms with Crippen LogP contribution in [-0.2, 0) is 9.53 Å². The van der Waals surface area contributed by atoms with Crippen LogP contribution in [0.3, 0.4) is 0 Å². The highest BCUT2D eigenvalue weighted by Gasteiger charge is 2.66. The van der Waals surface area contributed by atoms with E-state index in [0.717, 1.165) is 4.88 Å². The summed E-state index contributed by atoms with van der Waals surface area (Å²) in [6.45, 7) is 3.75. The van der Waals surface area contributed by atoms with Gasteiger partial charge in [-0.15, -0.1) is 11.3 Å². The van der Waals surface area contributed by atoms with E-state index in [1.165, 1.54) is 0 Å². The minimum atomic E-state index is -0.981. The zero-order valence-electron chi connectivity index (χ0n) is 8.06. The summed E-state index contributed by atoms with van der Waals surface area (Å²) in [7, 11) is 0. The van der Waals surface area contributed by atoms with Gasteiger partial charge >= 0.3 is 5.97 Å². The molecule has 0 radical (unpaired) electrons. The van der Waals surface area contributed by atoms with Crippen molar-refractivity contribution in [1.29, 1.82) is 0 Å². The van der Waals surface area contributed by atoms with Gasteiger partial charge in [-0.3, -0.25) is 0 Å². The molecule has 1 aliphatic heterocycles. The lowest BCUT2D eigenvalue weighted by Crippen LogP contribution is -2.30. The molecule has 4 heteroatoms. The quantitative estimate of drug-likeness (QED) is 0.782. The molecule has 0 spiro atoms. The largest absolute Gasteiger partial charge is 0.479 e. The molecule has 1 fully saturated rings. The molecule has 1 aromatic rings. The lowest BCUT2D eigenvalue weighted by Gasteiger charge is -2.10. The van der Waals surface area contributed by atoms with Gasteiger partial charge in [-0.2, -0.15) is 0 Å². The number of epoxide rings is 1. The van der Waals surface area contributed by atoms with Crippen molar-refractivity contribution in [1.82, 2.24) is 0 Å². The predicted molar refractivity (Wildman–Crippen MR) is 53.3 cm³/mol. The summed E-state index contributed by atoms with van der Waals surface area (Å²) in [4.78, 5) is 12.1. The van der Waals surface area contributed by atoms with Gasteiger partial charge in [-0.05, 0) is 17.4 Å². The van der Waals surface area contributed by atoms with Crippen molar-refractivity contribution in [3.63, 3.8) is 0 Å². The number of carboxylic acids is 1. The van der Waals surface area contributed by atoms with Crippen LogP contribution >= 0.6 is 11.3 Å². The topological polar surface area (TPSA) is 49.8 Å². The summed E-state index contributed by atoms with van der Waals surface area (Å²) >= 11 is 1.54. The summed E-state index contributed by atoms with van der Waals surface area (Å²) in [6.07, 6.45) is -0.250. The highest BCUT2D eigenvalue weighted by atomic mass is 32.1. The van der Waals surface area contributed by atoms with Crippen molar-refractivity contribution in [2.75, 3.05) is 0 Å². The molecule has 1 aliphatic rings. The van der Waals surface area contributed by atoms with Crippen LogP contribution in [0.25, 0.3) is 0 Å². The standard InChI is InChI=1S/C10H12O3S/c1-6(2)10(9(11)12)8(13-10)7-4-3-5-14-7/h3-6,8H,1-2H3,(H,11,12). The molecule has 2 heterocycles.